The van der Waals surface area contributed by atoms with Gasteiger partial charge in [-0.15, -0.1) is 0 Å². The molecule has 1 saturated heterocycles. The van der Waals surface area contributed by atoms with Crippen LogP contribution in [0.4, 0.5) is 10.2 Å². The Morgan fingerprint density at radius 1 is 1.67 bits per heavy atom. The van der Waals surface area contributed by atoms with Crippen molar-refractivity contribution in [2.45, 2.75) is 19.4 Å². The molecular formula is C12H13BrFN3O. The molecule has 0 radical (unpaired) electrons. The van der Waals surface area contributed by atoms with Crippen LogP contribution in [0.25, 0.3) is 0 Å². The Bertz CT molecular complexity index is 522. The van der Waals surface area contributed by atoms with Crippen LogP contribution in [0.5, 0.6) is 0 Å². The molecule has 3 atom stereocenters. The van der Waals surface area contributed by atoms with E-state index in [1.54, 1.807) is 6.92 Å². The number of rotatable bonds is 2. The van der Waals surface area contributed by atoms with Gasteiger partial charge in [-0.1, -0.05) is 0 Å². The van der Waals surface area contributed by atoms with Crippen LogP contribution in [0.15, 0.2) is 10.7 Å². The lowest BCUT2D eigenvalue weighted by molar-refractivity contribution is -0.118. The third-order valence-electron chi connectivity index (χ3n) is 3.65. The van der Waals surface area contributed by atoms with Gasteiger partial charge in [0.2, 0.25) is 5.91 Å². The molecule has 0 aromatic carbocycles. The first-order valence-electron chi connectivity index (χ1n) is 5.93. The summed E-state index contributed by atoms with van der Waals surface area (Å²) in [7, 11) is 0. The van der Waals surface area contributed by atoms with Crippen molar-refractivity contribution in [1.82, 2.24) is 10.3 Å². The number of pyridine rings is 1. The quantitative estimate of drug-likeness (QED) is 0.819. The molecule has 4 nitrogen and oxygen atoms in total. The second kappa shape index (κ2) is 4.28. The number of piperidine rings is 1. The molecule has 2 fully saturated rings. The number of anilines is 1. The number of carbonyl (C=O) groups excluding carboxylic acids is 1. The molecule has 0 spiro atoms. The summed E-state index contributed by atoms with van der Waals surface area (Å²) in [6.07, 6.45) is 1.13. The van der Waals surface area contributed by atoms with Gasteiger partial charge in [0.05, 0.1) is 6.04 Å². The van der Waals surface area contributed by atoms with Gasteiger partial charge in [-0.2, -0.15) is 0 Å². The second-order valence-corrected chi connectivity index (χ2v) is 5.71. The van der Waals surface area contributed by atoms with Crippen LogP contribution < -0.4 is 10.6 Å². The second-order valence-electron chi connectivity index (χ2n) is 4.96. The summed E-state index contributed by atoms with van der Waals surface area (Å²) in [4.78, 5) is 16.1. The molecule has 2 heterocycles. The van der Waals surface area contributed by atoms with Crippen molar-refractivity contribution in [3.05, 3.63) is 22.1 Å². The maximum absolute atomic E-state index is 13.2. The highest BCUT2D eigenvalue weighted by Gasteiger charge is 2.50. The van der Waals surface area contributed by atoms with Gasteiger partial charge >= 0.3 is 0 Å². The highest BCUT2D eigenvalue weighted by molar-refractivity contribution is 9.10. The number of amides is 1. The molecule has 1 saturated carbocycles. The van der Waals surface area contributed by atoms with Crippen molar-refractivity contribution in [2.75, 3.05) is 11.9 Å². The average Bonchev–Trinajstić information content (AvgIpc) is 2.97. The van der Waals surface area contributed by atoms with Crippen LogP contribution in [0.3, 0.4) is 0 Å². The number of nitrogens with zero attached hydrogens (tertiary/aromatic N) is 1. The van der Waals surface area contributed by atoms with E-state index in [9.17, 15) is 9.18 Å². The summed E-state index contributed by atoms with van der Waals surface area (Å²) < 4.78 is 13.3. The van der Waals surface area contributed by atoms with Crippen molar-refractivity contribution in [3.8, 4) is 0 Å². The SMILES string of the molecule is Cc1cc(F)c(Br)nc1NC(=O)C1NCC2CC21. The minimum Gasteiger partial charge on any atom is -0.309 e. The van der Waals surface area contributed by atoms with E-state index in [0.717, 1.165) is 13.0 Å². The topological polar surface area (TPSA) is 54.0 Å². The van der Waals surface area contributed by atoms with Gasteiger partial charge in [-0.05, 0) is 59.3 Å². The fourth-order valence-corrected chi connectivity index (χ4v) is 2.80. The van der Waals surface area contributed by atoms with E-state index in [-0.39, 0.29) is 16.6 Å². The molecule has 1 amide bonds. The lowest BCUT2D eigenvalue weighted by atomic mass is 10.2. The summed E-state index contributed by atoms with van der Waals surface area (Å²) in [6, 6.07) is 1.23. The van der Waals surface area contributed by atoms with Crippen LogP contribution in [0, 0.1) is 24.6 Å². The number of hydrogen-bond donors (Lipinski definition) is 2. The maximum Gasteiger partial charge on any atom is 0.242 e. The third kappa shape index (κ3) is 2.03. The third-order valence-corrected chi connectivity index (χ3v) is 4.21. The summed E-state index contributed by atoms with van der Waals surface area (Å²) in [5, 5.41) is 5.96. The maximum atomic E-state index is 13.2. The van der Waals surface area contributed by atoms with E-state index in [2.05, 4.69) is 31.5 Å². The van der Waals surface area contributed by atoms with Crippen LogP contribution >= 0.6 is 15.9 Å². The molecule has 3 unspecified atom stereocenters. The minimum absolute atomic E-state index is 0.0749. The number of nitrogens with one attached hydrogen (secondary N) is 2. The highest BCUT2D eigenvalue weighted by Crippen LogP contribution is 2.45. The molecule has 0 bridgehead atoms. The molecule has 96 valence electrons. The van der Waals surface area contributed by atoms with Crippen molar-refractivity contribution in [3.63, 3.8) is 0 Å². The first-order valence-corrected chi connectivity index (χ1v) is 6.72. The molecule has 18 heavy (non-hydrogen) atoms. The van der Waals surface area contributed by atoms with Crippen LogP contribution in [0.2, 0.25) is 0 Å². The van der Waals surface area contributed by atoms with Crippen molar-refractivity contribution in [1.29, 1.82) is 0 Å². The zero-order valence-electron chi connectivity index (χ0n) is 9.84. The van der Waals surface area contributed by atoms with Crippen LogP contribution in [0.1, 0.15) is 12.0 Å². The first kappa shape index (κ1) is 12.0. The Labute approximate surface area is 112 Å². The number of carbonyl (C=O) groups is 1. The van der Waals surface area contributed by atoms with Gasteiger partial charge in [0.1, 0.15) is 10.4 Å². The number of hydrogen-bond acceptors (Lipinski definition) is 3. The molecule has 2 N–H and O–H groups in total. The van der Waals surface area contributed by atoms with Crippen molar-refractivity contribution >= 4 is 27.7 Å². The molecule has 1 aromatic heterocycles. The predicted molar refractivity (Wildman–Crippen MR) is 68.6 cm³/mol. The summed E-state index contributed by atoms with van der Waals surface area (Å²) in [5.41, 5.74) is 0.620. The molecule has 2 aliphatic rings. The predicted octanol–water partition coefficient (Wildman–Crippen LogP) is 1.84. The van der Waals surface area contributed by atoms with E-state index in [4.69, 9.17) is 0 Å². The van der Waals surface area contributed by atoms with Gasteiger partial charge in [0.15, 0.2) is 5.82 Å². The summed E-state index contributed by atoms with van der Waals surface area (Å²) in [5.74, 6) is 1.05. The minimum atomic E-state index is -0.424. The molecule has 1 aromatic rings. The summed E-state index contributed by atoms with van der Waals surface area (Å²) >= 11 is 3.02. The largest absolute Gasteiger partial charge is 0.309 e. The average molecular weight is 314 g/mol. The number of fused-ring (bicyclic) bond motifs is 1. The van der Waals surface area contributed by atoms with Gasteiger partial charge in [0, 0.05) is 0 Å². The summed E-state index contributed by atoms with van der Waals surface area (Å²) in [6.45, 7) is 2.64. The van der Waals surface area contributed by atoms with E-state index in [0.29, 0.717) is 23.2 Å². The molecule has 1 aliphatic carbocycles. The van der Waals surface area contributed by atoms with Crippen LogP contribution in [-0.4, -0.2) is 23.5 Å². The highest BCUT2D eigenvalue weighted by atomic mass is 79.9. The van der Waals surface area contributed by atoms with E-state index >= 15 is 0 Å². The normalized spacial score (nSPS) is 28.9. The Balaban J connectivity index is 1.76. The van der Waals surface area contributed by atoms with Crippen molar-refractivity contribution in [2.24, 2.45) is 11.8 Å². The van der Waals surface area contributed by atoms with E-state index in [1.165, 1.54) is 6.07 Å². The smallest absolute Gasteiger partial charge is 0.242 e. The monoisotopic (exact) mass is 313 g/mol. The molecule has 1 aliphatic heterocycles. The Morgan fingerprint density at radius 3 is 3.06 bits per heavy atom. The van der Waals surface area contributed by atoms with Crippen molar-refractivity contribution < 1.29 is 9.18 Å². The van der Waals surface area contributed by atoms with Gasteiger partial charge in [0.25, 0.3) is 0 Å². The van der Waals surface area contributed by atoms with Gasteiger partial charge in [-0.3, -0.25) is 4.79 Å². The van der Waals surface area contributed by atoms with Gasteiger partial charge in [-0.25, -0.2) is 9.37 Å². The zero-order valence-corrected chi connectivity index (χ0v) is 11.4. The lowest BCUT2D eigenvalue weighted by Gasteiger charge is -2.14. The Kier molecular flexibility index (Phi) is 2.86. The number of aromatic nitrogens is 1. The van der Waals surface area contributed by atoms with E-state index < -0.39 is 5.82 Å². The molecule has 6 heteroatoms. The standard InChI is InChI=1S/C12H13BrFN3O/c1-5-2-8(14)10(13)16-11(5)17-12(18)9-7-3-6(7)4-15-9/h2,6-7,9,15H,3-4H2,1H3,(H,16,17,18). The lowest BCUT2D eigenvalue weighted by Crippen LogP contribution is -2.39. The zero-order chi connectivity index (χ0) is 12.9. The fraction of sp³-hybridized carbons (Fsp3) is 0.500. The van der Waals surface area contributed by atoms with E-state index in [1.807, 2.05) is 0 Å². The van der Waals surface area contributed by atoms with Crippen LogP contribution in [-0.2, 0) is 4.79 Å². The van der Waals surface area contributed by atoms with Gasteiger partial charge < -0.3 is 10.6 Å². The molecular weight excluding hydrogens is 301 g/mol. The first-order chi connectivity index (χ1) is 8.56. The number of aryl methyl sites for hydroxylation is 1. The fourth-order valence-electron chi connectivity index (χ4n) is 2.51. The Morgan fingerprint density at radius 2 is 2.44 bits per heavy atom. The Hall–Kier alpha value is -1.01. The molecule has 3 rings (SSSR count). The number of halogens is 2.